The van der Waals surface area contributed by atoms with Gasteiger partial charge in [0.15, 0.2) is 5.69 Å². The zero-order chi connectivity index (χ0) is 16.0. The highest BCUT2D eigenvalue weighted by molar-refractivity contribution is 5.88. The van der Waals surface area contributed by atoms with Crippen molar-refractivity contribution in [3.63, 3.8) is 0 Å². The highest BCUT2D eigenvalue weighted by atomic mass is 14.7. The zero-order valence-corrected chi connectivity index (χ0v) is 13.2. The van der Waals surface area contributed by atoms with E-state index in [1.807, 2.05) is 30.5 Å². The molecule has 1 aliphatic carbocycles. The van der Waals surface area contributed by atoms with Gasteiger partial charge >= 0.3 is 0 Å². The molecule has 1 aromatic heterocycles. The number of hydrogen-bond donors (Lipinski definition) is 0. The summed E-state index contributed by atoms with van der Waals surface area (Å²) in [6, 6.07) is 18.4. The van der Waals surface area contributed by atoms with Crippen molar-refractivity contribution in [1.82, 2.24) is 4.98 Å². The van der Waals surface area contributed by atoms with Gasteiger partial charge in [0.1, 0.15) is 0 Å². The first-order valence-corrected chi connectivity index (χ1v) is 7.70. The van der Waals surface area contributed by atoms with Crippen molar-refractivity contribution >= 4 is 5.69 Å². The molecule has 0 amide bonds. The summed E-state index contributed by atoms with van der Waals surface area (Å²) < 4.78 is 0. The normalized spacial score (nSPS) is 14.0. The largest absolute Gasteiger partial charge is 0.256 e. The van der Waals surface area contributed by atoms with Gasteiger partial charge < -0.3 is 0 Å². The molecule has 0 fully saturated rings. The number of benzene rings is 2. The van der Waals surface area contributed by atoms with Gasteiger partial charge in [-0.15, -0.1) is 0 Å². The number of aromatic nitrogens is 1. The van der Waals surface area contributed by atoms with Crippen LogP contribution in [0.1, 0.15) is 25.0 Å². The van der Waals surface area contributed by atoms with E-state index in [1.165, 1.54) is 27.8 Å². The molecule has 1 heterocycles. The first-order valence-electron chi connectivity index (χ1n) is 7.70. The molecule has 2 heteroatoms. The zero-order valence-electron chi connectivity index (χ0n) is 13.2. The van der Waals surface area contributed by atoms with E-state index in [0.29, 0.717) is 5.69 Å². The lowest BCUT2D eigenvalue weighted by atomic mass is 9.79. The standard InChI is InChI=1S/C21H16N2/c1-21(2)18-13-14(22-3)10-11-15(18)16-7-6-8-17(20(16)21)19-9-4-5-12-23-19/h4-13H,1-2H3. The van der Waals surface area contributed by atoms with Crippen molar-refractivity contribution in [2.24, 2.45) is 0 Å². The molecule has 3 aromatic rings. The number of hydrogen-bond acceptors (Lipinski definition) is 1. The van der Waals surface area contributed by atoms with Crippen LogP contribution in [-0.4, -0.2) is 4.98 Å². The predicted octanol–water partition coefficient (Wildman–Crippen LogP) is 5.61. The van der Waals surface area contributed by atoms with Gasteiger partial charge in [0.2, 0.25) is 0 Å². The molecule has 0 saturated heterocycles. The van der Waals surface area contributed by atoms with Crippen LogP contribution >= 0.6 is 0 Å². The molecule has 0 aliphatic heterocycles. The second-order valence-corrected chi connectivity index (χ2v) is 6.41. The van der Waals surface area contributed by atoms with E-state index in [9.17, 15) is 0 Å². The summed E-state index contributed by atoms with van der Waals surface area (Å²) in [6.07, 6.45) is 1.83. The van der Waals surface area contributed by atoms with Crippen LogP contribution in [0.5, 0.6) is 0 Å². The molecule has 0 unspecified atom stereocenters. The Balaban J connectivity index is 2.03. The summed E-state index contributed by atoms with van der Waals surface area (Å²) in [5.74, 6) is 0. The van der Waals surface area contributed by atoms with E-state index in [-0.39, 0.29) is 5.41 Å². The molecule has 110 valence electrons. The average molecular weight is 296 g/mol. The summed E-state index contributed by atoms with van der Waals surface area (Å²) in [5.41, 5.74) is 7.74. The minimum atomic E-state index is -0.139. The lowest BCUT2D eigenvalue weighted by molar-refractivity contribution is 0.662. The Morgan fingerprint density at radius 3 is 2.48 bits per heavy atom. The Labute approximate surface area is 136 Å². The van der Waals surface area contributed by atoms with Crippen LogP contribution in [0, 0.1) is 6.57 Å². The second-order valence-electron chi connectivity index (χ2n) is 6.41. The van der Waals surface area contributed by atoms with Gasteiger partial charge in [0, 0.05) is 17.2 Å². The summed E-state index contributed by atoms with van der Waals surface area (Å²) in [7, 11) is 0. The first kappa shape index (κ1) is 13.7. The second kappa shape index (κ2) is 4.79. The lowest BCUT2D eigenvalue weighted by Crippen LogP contribution is -2.16. The van der Waals surface area contributed by atoms with Crippen molar-refractivity contribution in [1.29, 1.82) is 0 Å². The van der Waals surface area contributed by atoms with Gasteiger partial charge in [-0.3, -0.25) is 4.98 Å². The topological polar surface area (TPSA) is 17.2 Å². The van der Waals surface area contributed by atoms with Crippen molar-refractivity contribution < 1.29 is 0 Å². The summed E-state index contributed by atoms with van der Waals surface area (Å²) >= 11 is 0. The van der Waals surface area contributed by atoms with Gasteiger partial charge in [-0.2, -0.15) is 0 Å². The van der Waals surface area contributed by atoms with E-state index < -0.39 is 0 Å². The van der Waals surface area contributed by atoms with Crippen LogP contribution in [0.2, 0.25) is 0 Å². The Morgan fingerprint density at radius 1 is 0.913 bits per heavy atom. The number of nitrogens with zero attached hydrogens (tertiary/aromatic N) is 2. The maximum absolute atomic E-state index is 7.29. The molecular formula is C21H16N2. The molecule has 2 nitrogen and oxygen atoms in total. The third-order valence-corrected chi connectivity index (χ3v) is 4.73. The SMILES string of the molecule is [C-]#[N+]c1ccc2c(c1)C(C)(C)c1c(-c3ccccn3)cccc1-2. The number of fused-ring (bicyclic) bond motifs is 3. The molecule has 0 bridgehead atoms. The van der Waals surface area contributed by atoms with Crippen molar-refractivity contribution in [3.05, 3.63) is 83.3 Å². The number of pyridine rings is 1. The van der Waals surface area contributed by atoms with Gasteiger partial charge in [0.05, 0.1) is 12.3 Å². The fraction of sp³-hybridized carbons (Fsp3) is 0.143. The molecule has 0 radical (unpaired) electrons. The van der Waals surface area contributed by atoms with E-state index in [1.54, 1.807) is 0 Å². The quantitative estimate of drug-likeness (QED) is 0.534. The minimum absolute atomic E-state index is 0.139. The molecule has 0 spiro atoms. The van der Waals surface area contributed by atoms with E-state index >= 15 is 0 Å². The summed E-state index contributed by atoms with van der Waals surface area (Å²) in [5, 5.41) is 0. The van der Waals surface area contributed by atoms with Gasteiger partial charge in [-0.1, -0.05) is 56.3 Å². The Bertz CT molecular complexity index is 947. The van der Waals surface area contributed by atoms with Gasteiger partial charge in [-0.25, -0.2) is 4.85 Å². The van der Waals surface area contributed by atoms with Crippen molar-refractivity contribution in [2.45, 2.75) is 19.3 Å². The van der Waals surface area contributed by atoms with Crippen LogP contribution in [0.25, 0.3) is 27.2 Å². The number of rotatable bonds is 1. The Morgan fingerprint density at radius 2 is 1.74 bits per heavy atom. The molecule has 0 saturated carbocycles. The maximum Gasteiger partial charge on any atom is 0.187 e. The van der Waals surface area contributed by atoms with Crippen LogP contribution in [0.3, 0.4) is 0 Å². The smallest absolute Gasteiger partial charge is 0.187 e. The first-order chi connectivity index (χ1) is 11.1. The summed E-state index contributed by atoms with van der Waals surface area (Å²) in [4.78, 5) is 8.13. The molecule has 0 atom stereocenters. The molecule has 23 heavy (non-hydrogen) atoms. The minimum Gasteiger partial charge on any atom is -0.256 e. The fourth-order valence-corrected chi connectivity index (χ4v) is 3.67. The highest BCUT2D eigenvalue weighted by Gasteiger charge is 2.37. The van der Waals surface area contributed by atoms with Gasteiger partial charge in [-0.05, 0) is 34.4 Å². The Kier molecular flexibility index (Phi) is 2.86. The summed E-state index contributed by atoms with van der Waals surface area (Å²) in [6.45, 7) is 11.8. The Hall–Kier alpha value is -2.92. The molecule has 0 N–H and O–H groups in total. The fourth-order valence-electron chi connectivity index (χ4n) is 3.67. The van der Waals surface area contributed by atoms with Crippen LogP contribution in [-0.2, 0) is 5.41 Å². The molecular weight excluding hydrogens is 280 g/mol. The third-order valence-electron chi connectivity index (χ3n) is 4.73. The molecule has 4 rings (SSSR count). The highest BCUT2D eigenvalue weighted by Crippen LogP contribution is 2.52. The monoisotopic (exact) mass is 296 g/mol. The van der Waals surface area contributed by atoms with Crippen LogP contribution in [0.4, 0.5) is 5.69 Å². The lowest BCUT2D eigenvalue weighted by Gasteiger charge is -2.24. The molecule has 2 aromatic carbocycles. The van der Waals surface area contributed by atoms with Crippen molar-refractivity contribution in [2.75, 3.05) is 0 Å². The average Bonchev–Trinajstić information content (AvgIpc) is 2.83. The third kappa shape index (κ3) is 1.90. The van der Waals surface area contributed by atoms with Crippen LogP contribution in [0.15, 0.2) is 60.8 Å². The maximum atomic E-state index is 7.29. The van der Waals surface area contributed by atoms with Crippen molar-refractivity contribution in [3.8, 4) is 22.4 Å². The van der Waals surface area contributed by atoms with E-state index in [2.05, 4.69) is 54.0 Å². The molecule has 1 aliphatic rings. The van der Waals surface area contributed by atoms with Crippen LogP contribution < -0.4 is 0 Å². The van der Waals surface area contributed by atoms with Gasteiger partial charge in [0.25, 0.3) is 0 Å². The van der Waals surface area contributed by atoms with E-state index in [4.69, 9.17) is 6.57 Å². The van der Waals surface area contributed by atoms with E-state index in [0.717, 1.165) is 5.69 Å². The predicted molar refractivity (Wildman–Crippen MR) is 93.5 cm³/mol.